The van der Waals surface area contributed by atoms with E-state index in [0.29, 0.717) is 44.6 Å². The molecule has 2 heterocycles. The van der Waals surface area contributed by atoms with Crippen LogP contribution < -0.4 is 4.74 Å². The van der Waals surface area contributed by atoms with Gasteiger partial charge in [0.25, 0.3) is 0 Å². The van der Waals surface area contributed by atoms with Crippen LogP contribution in [0, 0.1) is 11.8 Å². The zero-order valence-corrected chi connectivity index (χ0v) is 19.0. The average Bonchev–Trinajstić information content (AvgIpc) is 3.24. The summed E-state index contributed by atoms with van der Waals surface area (Å²) in [6, 6.07) is 9.23. The number of imide groups is 1. The minimum atomic E-state index is -0.659. The zero-order valence-electron chi connectivity index (χ0n) is 19.0. The van der Waals surface area contributed by atoms with E-state index in [0.717, 1.165) is 19.3 Å². The van der Waals surface area contributed by atoms with E-state index < -0.39 is 11.9 Å². The van der Waals surface area contributed by atoms with Gasteiger partial charge in [0.1, 0.15) is 5.75 Å². The largest absolute Gasteiger partial charge is 0.422 e. The molecule has 0 aromatic heterocycles. The van der Waals surface area contributed by atoms with Gasteiger partial charge < -0.3 is 23.8 Å². The molecule has 2 amide bonds. The van der Waals surface area contributed by atoms with Crippen molar-refractivity contribution in [2.45, 2.75) is 44.4 Å². The van der Waals surface area contributed by atoms with Crippen molar-refractivity contribution < 1.29 is 28.5 Å². The normalized spacial score (nSPS) is 27.1. The first kappa shape index (κ1) is 23.2. The van der Waals surface area contributed by atoms with Crippen molar-refractivity contribution in [2.75, 3.05) is 46.6 Å². The maximum atomic E-state index is 13.5. The van der Waals surface area contributed by atoms with Crippen LogP contribution >= 0.6 is 0 Å². The molecule has 0 bridgehead atoms. The number of carbonyl (C=O) groups excluding carboxylic acids is 2. The van der Waals surface area contributed by atoms with Crippen LogP contribution in [0.4, 0.5) is 4.79 Å². The molecule has 3 atom stereocenters. The molecule has 3 aliphatic rings. The Morgan fingerprint density at radius 2 is 1.97 bits per heavy atom. The number of hydrogen-bond donors (Lipinski definition) is 0. The highest BCUT2D eigenvalue weighted by Gasteiger charge is 2.49. The summed E-state index contributed by atoms with van der Waals surface area (Å²) in [7, 11) is 2.07. The van der Waals surface area contributed by atoms with Gasteiger partial charge in [-0.25, -0.2) is 9.69 Å². The third-order valence-corrected chi connectivity index (χ3v) is 6.86. The first-order valence-electron chi connectivity index (χ1n) is 11.7. The Morgan fingerprint density at radius 3 is 2.69 bits per heavy atom. The Labute approximate surface area is 189 Å². The number of rotatable bonds is 6. The van der Waals surface area contributed by atoms with Crippen LogP contribution in [0.3, 0.4) is 0 Å². The Kier molecular flexibility index (Phi) is 7.45. The summed E-state index contributed by atoms with van der Waals surface area (Å²) in [6.45, 7) is 4.75. The maximum absolute atomic E-state index is 13.5. The van der Waals surface area contributed by atoms with Gasteiger partial charge in [0.15, 0.2) is 5.79 Å². The number of ether oxygens (including phenoxy) is 4. The van der Waals surface area contributed by atoms with E-state index in [-0.39, 0.29) is 30.9 Å². The molecule has 1 aromatic carbocycles. The molecule has 0 radical (unpaired) electrons. The van der Waals surface area contributed by atoms with Crippen LogP contribution in [0.5, 0.6) is 5.75 Å². The van der Waals surface area contributed by atoms with Gasteiger partial charge in [-0.2, -0.15) is 0 Å². The lowest BCUT2D eigenvalue weighted by molar-refractivity contribution is -0.202. The fourth-order valence-electron chi connectivity index (χ4n) is 5.38. The summed E-state index contributed by atoms with van der Waals surface area (Å²) in [5, 5.41) is 0. The number of piperidine rings is 1. The number of amides is 2. The smallest absolute Gasteiger partial charge is 0.410 e. The van der Waals surface area contributed by atoms with E-state index in [1.807, 2.05) is 13.0 Å². The molecule has 8 nitrogen and oxygen atoms in total. The molecule has 32 heavy (non-hydrogen) atoms. The monoisotopic (exact) mass is 446 g/mol. The predicted molar refractivity (Wildman–Crippen MR) is 117 cm³/mol. The molecule has 176 valence electrons. The van der Waals surface area contributed by atoms with Crippen molar-refractivity contribution in [1.82, 2.24) is 9.80 Å². The van der Waals surface area contributed by atoms with E-state index in [9.17, 15) is 9.59 Å². The van der Waals surface area contributed by atoms with Gasteiger partial charge in [-0.3, -0.25) is 4.79 Å². The molecular formula is C24H34N2O6. The highest BCUT2D eigenvalue weighted by Crippen LogP contribution is 2.45. The third kappa shape index (κ3) is 5.14. The van der Waals surface area contributed by atoms with E-state index in [2.05, 4.69) is 11.9 Å². The summed E-state index contributed by atoms with van der Waals surface area (Å²) in [5.41, 5.74) is 0. The fraction of sp³-hybridized carbons (Fsp3) is 0.667. The zero-order chi connectivity index (χ0) is 22.6. The average molecular weight is 447 g/mol. The lowest BCUT2D eigenvalue weighted by atomic mass is 9.72. The molecule has 1 aliphatic carbocycles. The second kappa shape index (κ2) is 10.3. The molecule has 0 unspecified atom stereocenters. The second-order valence-electron chi connectivity index (χ2n) is 8.92. The van der Waals surface area contributed by atoms with Gasteiger partial charge in [0, 0.05) is 32.0 Å². The number of carbonyl (C=O) groups is 2. The maximum Gasteiger partial charge on any atom is 0.422 e. The van der Waals surface area contributed by atoms with Gasteiger partial charge in [0.2, 0.25) is 5.91 Å². The lowest BCUT2D eigenvalue weighted by Crippen LogP contribution is -2.56. The summed E-state index contributed by atoms with van der Waals surface area (Å²) in [5.74, 6) is -0.286. The van der Waals surface area contributed by atoms with Gasteiger partial charge in [-0.1, -0.05) is 18.2 Å². The molecule has 8 heteroatoms. The second-order valence-corrected chi connectivity index (χ2v) is 8.92. The fourth-order valence-corrected chi connectivity index (χ4v) is 5.38. The number of para-hydroxylation sites is 1. The highest BCUT2D eigenvalue weighted by molar-refractivity contribution is 5.94. The molecule has 0 N–H and O–H groups in total. The SMILES string of the molecule is CCOCCN(C(=O)Oc1ccccc1)C(=O)[C@@H]1C[C@@H]2CC3(CC[C@H]2N(C)C1)OCCO3. The molecule has 4 rings (SSSR count). The van der Waals surface area contributed by atoms with Crippen LogP contribution in [0.1, 0.15) is 32.6 Å². The van der Waals surface area contributed by atoms with Crippen molar-refractivity contribution in [1.29, 1.82) is 0 Å². The molecule has 2 aliphatic heterocycles. The van der Waals surface area contributed by atoms with Gasteiger partial charge >= 0.3 is 6.09 Å². The summed E-state index contributed by atoms with van der Waals surface area (Å²) < 4.78 is 22.8. The third-order valence-electron chi connectivity index (χ3n) is 6.86. The standard InChI is InChI=1S/C24H34N2O6/c1-3-29-12-11-26(23(28)32-20-7-5-4-6-8-20)22(27)19-15-18-16-24(30-13-14-31-24)10-9-21(18)25(2)17-19/h4-8,18-19,21H,3,9-17H2,1-2H3/t18-,19-,21-/m1/s1. The molecule has 1 saturated carbocycles. The van der Waals surface area contributed by atoms with Crippen molar-refractivity contribution in [3.63, 3.8) is 0 Å². The van der Waals surface area contributed by atoms with E-state index in [1.165, 1.54) is 4.90 Å². The lowest BCUT2D eigenvalue weighted by Gasteiger charge is -2.49. The minimum absolute atomic E-state index is 0.169. The van der Waals surface area contributed by atoms with Crippen molar-refractivity contribution >= 4 is 12.0 Å². The van der Waals surface area contributed by atoms with Crippen molar-refractivity contribution in [3.8, 4) is 5.75 Å². The molecule has 3 fully saturated rings. The topological polar surface area (TPSA) is 77.5 Å². The summed E-state index contributed by atoms with van der Waals surface area (Å²) in [4.78, 5) is 29.9. The Bertz CT molecular complexity index is 782. The Morgan fingerprint density at radius 1 is 1.22 bits per heavy atom. The molecule has 1 spiro atoms. The quantitative estimate of drug-likeness (QED) is 0.622. The molecule has 1 aromatic rings. The van der Waals surface area contributed by atoms with Crippen LogP contribution in [0.25, 0.3) is 0 Å². The van der Waals surface area contributed by atoms with Crippen molar-refractivity contribution in [2.24, 2.45) is 11.8 Å². The number of likely N-dealkylation sites (tertiary alicyclic amines) is 1. The summed E-state index contributed by atoms with van der Waals surface area (Å²) in [6.07, 6.45) is 2.73. The number of nitrogens with zero attached hydrogens (tertiary/aromatic N) is 2. The predicted octanol–water partition coefficient (Wildman–Crippen LogP) is 2.91. The van der Waals surface area contributed by atoms with Crippen LogP contribution in [0.2, 0.25) is 0 Å². The van der Waals surface area contributed by atoms with Gasteiger partial charge in [0.05, 0.1) is 32.3 Å². The van der Waals surface area contributed by atoms with Crippen LogP contribution in [-0.4, -0.2) is 80.2 Å². The van der Waals surface area contributed by atoms with E-state index in [1.54, 1.807) is 24.3 Å². The van der Waals surface area contributed by atoms with Crippen LogP contribution in [0.15, 0.2) is 30.3 Å². The van der Waals surface area contributed by atoms with E-state index in [4.69, 9.17) is 18.9 Å². The number of benzene rings is 1. The van der Waals surface area contributed by atoms with Gasteiger partial charge in [-0.05, 0) is 44.9 Å². The van der Waals surface area contributed by atoms with Crippen LogP contribution in [-0.2, 0) is 19.0 Å². The minimum Gasteiger partial charge on any atom is -0.410 e. The molecule has 2 saturated heterocycles. The van der Waals surface area contributed by atoms with Gasteiger partial charge in [-0.15, -0.1) is 0 Å². The number of hydrogen-bond acceptors (Lipinski definition) is 7. The number of fused-ring (bicyclic) bond motifs is 1. The van der Waals surface area contributed by atoms with E-state index >= 15 is 0 Å². The first-order valence-corrected chi connectivity index (χ1v) is 11.7. The highest BCUT2D eigenvalue weighted by atomic mass is 16.7. The summed E-state index contributed by atoms with van der Waals surface area (Å²) >= 11 is 0. The Hall–Kier alpha value is -2.00. The first-order chi connectivity index (χ1) is 15.5. The molecular weight excluding hydrogens is 412 g/mol. The Balaban J connectivity index is 1.46. The van der Waals surface area contributed by atoms with Crippen molar-refractivity contribution in [3.05, 3.63) is 30.3 Å².